The summed E-state index contributed by atoms with van der Waals surface area (Å²) in [6, 6.07) is 0.573. The van der Waals surface area contributed by atoms with Crippen LogP contribution in [0.2, 0.25) is 0 Å². The number of carbonyl (C=O) groups is 1. The van der Waals surface area contributed by atoms with Crippen LogP contribution in [0.5, 0.6) is 0 Å². The Bertz CT molecular complexity index is 210. The van der Waals surface area contributed by atoms with E-state index >= 15 is 0 Å². The van der Waals surface area contributed by atoms with Gasteiger partial charge in [0.2, 0.25) is 5.91 Å². The molecule has 1 amide bonds. The third-order valence-corrected chi connectivity index (χ3v) is 3.17. The first kappa shape index (κ1) is 13.5. The smallest absolute Gasteiger partial charge is 0.233 e. The quantitative estimate of drug-likeness (QED) is 0.716. The number of rotatable bonds is 5. The van der Waals surface area contributed by atoms with Crippen LogP contribution in [0.1, 0.15) is 26.7 Å². The van der Waals surface area contributed by atoms with Gasteiger partial charge in [0.25, 0.3) is 0 Å². The van der Waals surface area contributed by atoms with Gasteiger partial charge in [0, 0.05) is 13.1 Å². The summed E-state index contributed by atoms with van der Waals surface area (Å²) in [4.78, 5) is 13.5. The van der Waals surface area contributed by atoms with E-state index in [0.717, 1.165) is 25.6 Å². The number of amides is 1. The van der Waals surface area contributed by atoms with Crippen LogP contribution < -0.4 is 10.6 Å². The first-order valence-corrected chi connectivity index (χ1v) is 6.28. The van der Waals surface area contributed by atoms with Crippen molar-refractivity contribution in [1.82, 2.24) is 15.5 Å². The van der Waals surface area contributed by atoms with Crippen molar-refractivity contribution >= 4 is 5.91 Å². The lowest BCUT2D eigenvalue weighted by Crippen LogP contribution is -2.42. The van der Waals surface area contributed by atoms with Crippen LogP contribution in [0.4, 0.5) is 0 Å². The molecule has 1 fully saturated rings. The predicted octanol–water partition coefficient (Wildman–Crippen LogP) is 0.442. The summed E-state index contributed by atoms with van der Waals surface area (Å²) in [6.07, 6.45) is 2.41. The monoisotopic (exact) mass is 227 g/mol. The number of nitrogens with zero attached hydrogens (tertiary/aromatic N) is 1. The van der Waals surface area contributed by atoms with Crippen molar-refractivity contribution in [3.63, 3.8) is 0 Å². The third-order valence-electron chi connectivity index (χ3n) is 3.17. The largest absolute Gasteiger partial charge is 0.358 e. The van der Waals surface area contributed by atoms with Crippen LogP contribution in [0.25, 0.3) is 0 Å². The zero-order valence-corrected chi connectivity index (χ0v) is 10.8. The standard InChI is InChI=1S/C12H25N3O/c1-10(2)14-8-11-4-6-15(7-5-11)9-12(16)13-3/h10-11,14H,4-9H2,1-3H3,(H,13,16). The van der Waals surface area contributed by atoms with Gasteiger partial charge in [0.1, 0.15) is 0 Å². The normalized spacial score (nSPS) is 19.0. The van der Waals surface area contributed by atoms with E-state index < -0.39 is 0 Å². The molecule has 1 rings (SSSR count). The van der Waals surface area contributed by atoms with Crippen molar-refractivity contribution in [3.05, 3.63) is 0 Å². The van der Waals surface area contributed by atoms with Crippen LogP contribution in [-0.2, 0) is 4.79 Å². The summed E-state index contributed by atoms with van der Waals surface area (Å²) in [7, 11) is 1.70. The molecule has 0 atom stereocenters. The SMILES string of the molecule is CNC(=O)CN1CCC(CNC(C)C)CC1. The van der Waals surface area contributed by atoms with Gasteiger partial charge in [-0.15, -0.1) is 0 Å². The molecular formula is C12H25N3O. The molecule has 4 nitrogen and oxygen atoms in total. The third kappa shape index (κ3) is 4.94. The Labute approximate surface area is 98.8 Å². The Morgan fingerprint density at radius 2 is 2.00 bits per heavy atom. The molecule has 1 saturated heterocycles. The average Bonchev–Trinajstić information content (AvgIpc) is 2.28. The van der Waals surface area contributed by atoms with Gasteiger partial charge >= 0.3 is 0 Å². The zero-order chi connectivity index (χ0) is 12.0. The van der Waals surface area contributed by atoms with Crippen molar-refractivity contribution in [3.8, 4) is 0 Å². The van der Waals surface area contributed by atoms with Crippen molar-refractivity contribution in [1.29, 1.82) is 0 Å². The molecule has 4 heteroatoms. The fourth-order valence-electron chi connectivity index (χ4n) is 2.03. The molecule has 16 heavy (non-hydrogen) atoms. The van der Waals surface area contributed by atoms with Crippen LogP contribution in [0.3, 0.4) is 0 Å². The fourth-order valence-corrected chi connectivity index (χ4v) is 2.03. The van der Waals surface area contributed by atoms with Crippen molar-refractivity contribution in [2.45, 2.75) is 32.7 Å². The summed E-state index contributed by atoms with van der Waals surface area (Å²) in [6.45, 7) is 8.14. The summed E-state index contributed by atoms with van der Waals surface area (Å²) in [5.41, 5.74) is 0. The summed E-state index contributed by atoms with van der Waals surface area (Å²) >= 11 is 0. The van der Waals surface area contributed by atoms with Crippen LogP contribution >= 0.6 is 0 Å². The lowest BCUT2D eigenvalue weighted by atomic mass is 9.96. The first-order valence-electron chi connectivity index (χ1n) is 6.28. The average molecular weight is 227 g/mol. The number of likely N-dealkylation sites (N-methyl/N-ethyl adjacent to an activating group) is 1. The van der Waals surface area contributed by atoms with Crippen molar-refractivity contribution < 1.29 is 4.79 Å². The molecule has 1 aliphatic heterocycles. The molecule has 0 saturated carbocycles. The first-order chi connectivity index (χ1) is 7.61. The molecule has 0 aromatic carbocycles. The van der Waals surface area contributed by atoms with Crippen LogP contribution in [0.15, 0.2) is 0 Å². The van der Waals surface area contributed by atoms with Gasteiger partial charge in [0.15, 0.2) is 0 Å². The number of hydrogen-bond donors (Lipinski definition) is 2. The maximum absolute atomic E-state index is 11.2. The summed E-state index contributed by atoms with van der Waals surface area (Å²) in [5.74, 6) is 0.905. The topological polar surface area (TPSA) is 44.4 Å². The number of hydrogen-bond acceptors (Lipinski definition) is 3. The highest BCUT2D eigenvalue weighted by Gasteiger charge is 2.20. The second-order valence-corrected chi connectivity index (χ2v) is 4.96. The number of nitrogens with one attached hydrogen (secondary N) is 2. The lowest BCUT2D eigenvalue weighted by Gasteiger charge is -2.31. The predicted molar refractivity (Wildman–Crippen MR) is 66.4 cm³/mol. The number of likely N-dealkylation sites (tertiary alicyclic amines) is 1. The number of piperidine rings is 1. The molecule has 1 heterocycles. The van der Waals surface area contributed by atoms with E-state index in [1.165, 1.54) is 12.8 Å². The van der Waals surface area contributed by atoms with Crippen LogP contribution in [-0.4, -0.2) is 50.1 Å². The fraction of sp³-hybridized carbons (Fsp3) is 0.917. The Morgan fingerprint density at radius 1 is 1.38 bits per heavy atom. The molecule has 0 radical (unpaired) electrons. The Kier molecular flexibility index (Phi) is 5.77. The minimum atomic E-state index is 0.124. The minimum Gasteiger partial charge on any atom is -0.358 e. The molecule has 94 valence electrons. The second kappa shape index (κ2) is 6.86. The summed E-state index contributed by atoms with van der Waals surface area (Å²) in [5, 5.41) is 6.15. The van der Waals surface area contributed by atoms with Gasteiger partial charge in [-0.25, -0.2) is 0 Å². The van der Waals surface area contributed by atoms with E-state index in [-0.39, 0.29) is 5.91 Å². The molecule has 2 N–H and O–H groups in total. The highest BCUT2D eigenvalue weighted by Crippen LogP contribution is 2.16. The molecule has 0 unspecified atom stereocenters. The Hall–Kier alpha value is -0.610. The van der Waals surface area contributed by atoms with E-state index in [1.807, 2.05) is 0 Å². The maximum Gasteiger partial charge on any atom is 0.233 e. The minimum absolute atomic E-state index is 0.124. The van der Waals surface area contributed by atoms with Gasteiger partial charge in [-0.05, 0) is 38.4 Å². The van der Waals surface area contributed by atoms with Gasteiger partial charge in [-0.1, -0.05) is 13.8 Å². The highest BCUT2D eigenvalue weighted by atomic mass is 16.1. The Morgan fingerprint density at radius 3 is 2.50 bits per heavy atom. The van der Waals surface area contributed by atoms with Gasteiger partial charge in [-0.3, -0.25) is 9.69 Å². The molecule has 0 aromatic heterocycles. The van der Waals surface area contributed by atoms with E-state index in [4.69, 9.17) is 0 Å². The van der Waals surface area contributed by atoms with Gasteiger partial charge < -0.3 is 10.6 Å². The molecule has 0 bridgehead atoms. The van der Waals surface area contributed by atoms with E-state index in [2.05, 4.69) is 29.4 Å². The van der Waals surface area contributed by atoms with Crippen LogP contribution in [0, 0.1) is 5.92 Å². The van der Waals surface area contributed by atoms with Gasteiger partial charge in [0.05, 0.1) is 6.54 Å². The second-order valence-electron chi connectivity index (χ2n) is 4.96. The highest BCUT2D eigenvalue weighted by molar-refractivity contribution is 5.77. The molecule has 0 aromatic rings. The number of carbonyl (C=O) groups excluding carboxylic acids is 1. The maximum atomic E-state index is 11.2. The molecular weight excluding hydrogens is 202 g/mol. The van der Waals surface area contributed by atoms with E-state index in [9.17, 15) is 4.79 Å². The van der Waals surface area contributed by atoms with Crippen molar-refractivity contribution in [2.75, 3.05) is 33.2 Å². The van der Waals surface area contributed by atoms with Gasteiger partial charge in [-0.2, -0.15) is 0 Å². The molecule has 1 aliphatic rings. The molecule has 0 aliphatic carbocycles. The lowest BCUT2D eigenvalue weighted by molar-refractivity contribution is -0.122. The molecule has 0 spiro atoms. The Balaban J connectivity index is 2.16. The summed E-state index contributed by atoms with van der Waals surface area (Å²) < 4.78 is 0. The van der Waals surface area contributed by atoms with E-state index in [0.29, 0.717) is 12.6 Å². The van der Waals surface area contributed by atoms with E-state index in [1.54, 1.807) is 7.05 Å². The van der Waals surface area contributed by atoms with Crippen molar-refractivity contribution in [2.24, 2.45) is 5.92 Å². The zero-order valence-electron chi connectivity index (χ0n) is 10.8.